The molecule has 0 bridgehead atoms. The lowest BCUT2D eigenvalue weighted by molar-refractivity contribution is -0.137. The van der Waals surface area contributed by atoms with Crippen molar-refractivity contribution in [3.05, 3.63) is 54.6 Å². The second kappa shape index (κ2) is 7.42. The highest BCUT2D eigenvalue weighted by Crippen LogP contribution is 2.33. The molecule has 2 rings (SSSR count). The SMILES string of the molecule is C=CCOc1ccc(C(F)(F)F)cc1C(=O)N1CC(NC(=O)C=C)C1. The van der Waals surface area contributed by atoms with E-state index >= 15 is 0 Å². The average Bonchev–Trinajstić information content (AvgIpc) is 2.53. The molecular formula is C17H17F3N2O3. The lowest BCUT2D eigenvalue weighted by Crippen LogP contribution is -2.60. The topological polar surface area (TPSA) is 58.6 Å². The number of hydrogen-bond acceptors (Lipinski definition) is 3. The van der Waals surface area contributed by atoms with Crippen molar-refractivity contribution in [2.45, 2.75) is 12.2 Å². The Labute approximate surface area is 142 Å². The van der Waals surface area contributed by atoms with E-state index in [1.807, 2.05) is 0 Å². The van der Waals surface area contributed by atoms with Gasteiger partial charge in [-0.2, -0.15) is 13.2 Å². The second-order valence-corrected chi connectivity index (χ2v) is 5.43. The van der Waals surface area contributed by atoms with Crippen LogP contribution in [0.3, 0.4) is 0 Å². The van der Waals surface area contributed by atoms with Crippen LogP contribution in [0.25, 0.3) is 0 Å². The van der Waals surface area contributed by atoms with Crippen molar-refractivity contribution in [3.63, 3.8) is 0 Å². The van der Waals surface area contributed by atoms with E-state index in [0.717, 1.165) is 24.3 Å². The summed E-state index contributed by atoms with van der Waals surface area (Å²) in [4.78, 5) is 25.1. The van der Waals surface area contributed by atoms with E-state index < -0.39 is 17.6 Å². The molecule has 1 aliphatic rings. The van der Waals surface area contributed by atoms with E-state index in [1.165, 1.54) is 11.0 Å². The van der Waals surface area contributed by atoms with Gasteiger partial charge in [-0.15, -0.1) is 0 Å². The van der Waals surface area contributed by atoms with Gasteiger partial charge in [0.1, 0.15) is 12.4 Å². The Kier molecular flexibility index (Phi) is 5.51. The van der Waals surface area contributed by atoms with Gasteiger partial charge in [0.2, 0.25) is 5.91 Å². The molecule has 1 aromatic rings. The van der Waals surface area contributed by atoms with Crippen molar-refractivity contribution < 1.29 is 27.5 Å². The van der Waals surface area contributed by atoms with Crippen molar-refractivity contribution in [3.8, 4) is 5.75 Å². The van der Waals surface area contributed by atoms with Gasteiger partial charge in [0.25, 0.3) is 5.91 Å². The second-order valence-electron chi connectivity index (χ2n) is 5.43. The smallest absolute Gasteiger partial charge is 0.416 e. The quantitative estimate of drug-likeness (QED) is 0.630. The maximum Gasteiger partial charge on any atom is 0.416 e. The Bertz CT molecular complexity index is 695. The van der Waals surface area contributed by atoms with E-state index in [1.54, 1.807) is 0 Å². The summed E-state index contributed by atoms with van der Waals surface area (Å²) in [7, 11) is 0. The van der Waals surface area contributed by atoms with E-state index in [2.05, 4.69) is 18.5 Å². The maximum atomic E-state index is 12.9. The Hall–Kier alpha value is -2.77. The molecule has 0 aromatic heterocycles. The highest BCUT2D eigenvalue weighted by molar-refractivity contribution is 5.98. The summed E-state index contributed by atoms with van der Waals surface area (Å²) in [5.74, 6) is -0.906. The molecule has 5 nitrogen and oxygen atoms in total. The van der Waals surface area contributed by atoms with E-state index in [4.69, 9.17) is 4.74 Å². The van der Waals surface area contributed by atoms with Gasteiger partial charge in [-0.05, 0) is 24.3 Å². The zero-order chi connectivity index (χ0) is 18.6. The summed E-state index contributed by atoms with van der Waals surface area (Å²) >= 11 is 0. The molecule has 0 spiro atoms. The van der Waals surface area contributed by atoms with Gasteiger partial charge in [0, 0.05) is 13.1 Å². The highest BCUT2D eigenvalue weighted by Gasteiger charge is 2.36. The van der Waals surface area contributed by atoms with Crippen LogP contribution in [0.1, 0.15) is 15.9 Å². The van der Waals surface area contributed by atoms with Crippen LogP contribution in [0.2, 0.25) is 0 Å². The molecule has 1 heterocycles. The summed E-state index contributed by atoms with van der Waals surface area (Å²) < 4.78 is 44.0. The number of nitrogens with zero attached hydrogens (tertiary/aromatic N) is 1. The molecule has 0 radical (unpaired) electrons. The molecule has 8 heteroatoms. The van der Waals surface area contributed by atoms with Crippen molar-refractivity contribution in [2.75, 3.05) is 19.7 Å². The first kappa shape index (κ1) is 18.6. The molecule has 1 saturated heterocycles. The molecule has 25 heavy (non-hydrogen) atoms. The largest absolute Gasteiger partial charge is 0.489 e. The molecule has 0 aliphatic carbocycles. The van der Waals surface area contributed by atoms with Crippen LogP contribution in [-0.4, -0.2) is 42.5 Å². The van der Waals surface area contributed by atoms with E-state index in [0.29, 0.717) is 0 Å². The number of rotatable bonds is 6. The van der Waals surface area contributed by atoms with Crippen molar-refractivity contribution in [2.24, 2.45) is 0 Å². The lowest BCUT2D eigenvalue weighted by Gasteiger charge is -2.39. The van der Waals surface area contributed by atoms with Gasteiger partial charge in [0.05, 0.1) is 17.2 Å². The minimum absolute atomic E-state index is 0.0523. The predicted octanol–water partition coefficient (Wildman–Crippen LogP) is 2.40. The van der Waals surface area contributed by atoms with Crippen LogP contribution < -0.4 is 10.1 Å². The van der Waals surface area contributed by atoms with Crippen LogP contribution in [-0.2, 0) is 11.0 Å². The summed E-state index contributed by atoms with van der Waals surface area (Å²) in [6.45, 7) is 7.26. The maximum absolute atomic E-state index is 12.9. The number of benzene rings is 1. The standard InChI is InChI=1S/C17H17F3N2O3/c1-3-7-25-14-6-5-11(17(18,19)20)8-13(14)16(24)22-9-12(10-22)21-15(23)4-2/h3-6,8,12H,1-2,7,9-10H2,(H,21,23). The third kappa shape index (κ3) is 4.40. The van der Waals surface area contributed by atoms with E-state index in [-0.39, 0.29) is 43.0 Å². The average molecular weight is 354 g/mol. The molecule has 134 valence electrons. The van der Waals surface area contributed by atoms with Crippen molar-refractivity contribution in [1.29, 1.82) is 0 Å². The van der Waals surface area contributed by atoms with Gasteiger partial charge in [-0.3, -0.25) is 9.59 Å². The number of amides is 2. The molecular weight excluding hydrogens is 337 g/mol. The first-order valence-corrected chi connectivity index (χ1v) is 7.43. The molecule has 0 unspecified atom stereocenters. The zero-order valence-corrected chi connectivity index (χ0v) is 13.3. The Morgan fingerprint density at radius 2 is 2.00 bits per heavy atom. The van der Waals surface area contributed by atoms with Gasteiger partial charge >= 0.3 is 6.18 Å². The lowest BCUT2D eigenvalue weighted by atomic mass is 10.0. The Balaban J connectivity index is 2.18. The number of ether oxygens (including phenoxy) is 1. The summed E-state index contributed by atoms with van der Waals surface area (Å²) in [5, 5.41) is 2.61. The van der Waals surface area contributed by atoms with Crippen LogP contribution >= 0.6 is 0 Å². The molecule has 1 fully saturated rings. The summed E-state index contributed by atoms with van der Waals surface area (Å²) in [6, 6.07) is 2.50. The zero-order valence-electron chi connectivity index (χ0n) is 13.3. The fraction of sp³-hybridized carbons (Fsp3) is 0.294. The van der Waals surface area contributed by atoms with Crippen LogP contribution in [0.5, 0.6) is 5.75 Å². The fourth-order valence-corrected chi connectivity index (χ4v) is 2.31. The number of carbonyl (C=O) groups is 2. The molecule has 1 N–H and O–H groups in total. The van der Waals surface area contributed by atoms with Gasteiger partial charge in [0.15, 0.2) is 0 Å². The molecule has 0 atom stereocenters. The van der Waals surface area contributed by atoms with E-state index in [9.17, 15) is 22.8 Å². The Morgan fingerprint density at radius 1 is 1.32 bits per heavy atom. The highest BCUT2D eigenvalue weighted by atomic mass is 19.4. The minimum atomic E-state index is -4.57. The molecule has 2 amide bonds. The number of hydrogen-bond donors (Lipinski definition) is 1. The molecule has 0 saturated carbocycles. The fourth-order valence-electron chi connectivity index (χ4n) is 2.31. The summed E-state index contributed by atoms with van der Waals surface area (Å²) in [5.41, 5.74) is -1.11. The normalized spacial score (nSPS) is 14.4. The van der Waals surface area contributed by atoms with Gasteiger partial charge in [-0.1, -0.05) is 19.2 Å². The number of halogens is 3. The Morgan fingerprint density at radius 3 is 2.56 bits per heavy atom. The number of alkyl halides is 3. The molecule has 1 aliphatic heterocycles. The first-order valence-electron chi connectivity index (χ1n) is 7.43. The minimum Gasteiger partial charge on any atom is -0.489 e. The number of carbonyl (C=O) groups excluding carboxylic acids is 2. The van der Waals surface area contributed by atoms with Crippen molar-refractivity contribution in [1.82, 2.24) is 10.2 Å². The van der Waals surface area contributed by atoms with Crippen LogP contribution in [0.4, 0.5) is 13.2 Å². The monoisotopic (exact) mass is 354 g/mol. The first-order chi connectivity index (χ1) is 11.8. The third-order valence-electron chi connectivity index (χ3n) is 3.59. The number of likely N-dealkylation sites (tertiary alicyclic amines) is 1. The molecule has 1 aromatic carbocycles. The third-order valence-corrected chi connectivity index (χ3v) is 3.59. The van der Waals surface area contributed by atoms with Gasteiger partial charge in [-0.25, -0.2) is 0 Å². The summed E-state index contributed by atoms with van der Waals surface area (Å²) in [6.07, 6.45) is -2.03. The van der Waals surface area contributed by atoms with Gasteiger partial charge < -0.3 is 15.0 Å². The van der Waals surface area contributed by atoms with Crippen molar-refractivity contribution >= 4 is 11.8 Å². The van der Waals surface area contributed by atoms with Crippen LogP contribution in [0.15, 0.2) is 43.5 Å². The number of nitrogens with one attached hydrogen (secondary N) is 1. The van der Waals surface area contributed by atoms with Crippen LogP contribution in [0, 0.1) is 0 Å². The predicted molar refractivity (Wildman–Crippen MR) is 85.2 cm³/mol.